The Bertz CT molecular complexity index is 806. The van der Waals surface area contributed by atoms with Gasteiger partial charge in [-0.2, -0.15) is 0 Å². The van der Waals surface area contributed by atoms with E-state index in [1.165, 1.54) is 48.5 Å². The van der Waals surface area contributed by atoms with Crippen LogP contribution in [-0.2, 0) is 14.8 Å². The largest absolute Gasteiger partial charge is 0.385 e. The van der Waals surface area contributed by atoms with E-state index >= 15 is 0 Å². The van der Waals surface area contributed by atoms with E-state index in [9.17, 15) is 17.6 Å². The molecule has 0 saturated carbocycles. The Morgan fingerprint density at radius 2 is 1.72 bits per heavy atom. The molecule has 134 valence electrons. The molecule has 8 heteroatoms. The Morgan fingerprint density at radius 3 is 2.32 bits per heavy atom. The van der Waals surface area contributed by atoms with Crippen LogP contribution in [0.15, 0.2) is 53.4 Å². The average Bonchev–Trinajstić information content (AvgIpc) is 2.61. The first-order chi connectivity index (χ1) is 11.9. The van der Waals surface area contributed by atoms with Gasteiger partial charge >= 0.3 is 0 Å². The van der Waals surface area contributed by atoms with Gasteiger partial charge in [-0.05, 0) is 55.0 Å². The van der Waals surface area contributed by atoms with Crippen LogP contribution in [0.1, 0.15) is 16.8 Å². The van der Waals surface area contributed by atoms with Crippen LogP contribution in [0.3, 0.4) is 0 Å². The highest BCUT2D eigenvalue weighted by Crippen LogP contribution is 2.13. The molecule has 0 saturated heterocycles. The minimum absolute atomic E-state index is 0.0725. The molecule has 25 heavy (non-hydrogen) atoms. The van der Waals surface area contributed by atoms with Crippen molar-refractivity contribution in [3.05, 3.63) is 59.9 Å². The van der Waals surface area contributed by atoms with Crippen LogP contribution >= 0.6 is 0 Å². The summed E-state index contributed by atoms with van der Waals surface area (Å²) in [6.07, 6.45) is 0.563. The van der Waals surface area contributed by atoms with E-state index in [-0.39, 0.29) is 11.4 Å². The number of methoxy groups -OCH3 is 1. The van der Waals surface area contributed by atoms with Gasteiger partial charge in [0.1, 0.15) is 5.82 Å². The molecule has 0 radical (unpaired) electrons. The average molecular weight is 366 g/mol. The van der Waals surface area contributed by atoms with Crippen molar-refractivity contribution in [3.63, 3.8) is 0 Å². The Labute approximate surface area is 146 Å². The van der Waals surface area contributed by atoms with E-state index in [1.54, 1.807) is 7.11 Å². The van der Waals surface area contributed by atoms with Crippen molar-refractivity contribution >= 4 is 21.6 Å². The lowest BCUT2D eigenvalue weighted by Gasteiger charge is -2.08. The normalized spacial score (nSPS) is 11.3. The lowest BCUT2D eigenvalue weighted by atomic mass is 10.2. The highest BCUT2D eigenvalue weighted by Gasteiger charge is 2.14. The van der Waals surface area contributed by atoms with E-state index in [4.69, 9.17) is 4.74 Å². The lowest BCUT2D eigenvalue weighted by molar-refractivity contribution is 0.102. The molecule has 2 rings (SSSR count). The van der Waals surface area contributed by atoms with E-state index < -0.39 is 21.7 Å². The summed E-state index contributed by atoms with van der Waals surface area (Å²) >= 11 is 0. The fraction of sp³-hybridized carbons (Fsp3) is 0.235. The number of hydrogen-bond acceptors (Lipinski definition) is 4. The number of carbonyl (C=O) groups excluding carboxylic acids is 1. The standard InChI is InChI=1S/C17H19FN2O4S/c1-24-12-2-11-19-25(22,23)16-9-3-13(4-10-16)17(21)20-15-7-5-14(18)6-8-15/h3-10,19H,2,11-12H2,1H3,(H,20,21). The van der Waals surface area contributed by atoms with Crippen molar-refractivity contribution in [2.75, 3.05) is 25.6 Å². The Kier molecular flexibility index (Phi) is 6.63. The second kappa shape index (κ2) is 8.70. The van der Waals surface area contributed by atoms with Crippen LogP contribution in [0.2, 0.25) is 0 Å². The molecule has 0 aliphatic heterocycles. The quantitative estimate of drug-likeness (QED) is 0.703. The molecular formula is C17H19FN2O4S. The van der Waals surface area contributed by atoms with Gasteiger partial charge < -0.3 is 10.1 Å². The zero-order valence-corrected chi connectivity index (χ0v) is 14.5. The second-order valence-corrected chi connectivity index (χ2v) is 7.00. The maximum absolute atomic E-state index is 12.9. The third-order valence-corrected chi connectivity index (χ3v) is 4.82. The van der Waals surface area contributed by atoms with Crippen LogP contribution in [0, 0.1) is 5.82 Å². The monoisotopic (exact) mass is 366 g/mol. The topological polar surface area (TPSA) is 84.5 Å². The van der Waals surface area contributed by atoms with Crippen molar-refractivity contribution in [1.82, 2.24) is 4.72 Å². The number of sulfonamides is 1. The number of hydrogen-bond donors (Lipinski definition) is 2. The Hall–Kier alpha value is -2.29. The summed E-state index contributed by atoms with van der Waals surface area (Å²) in [4.78, 5) is 12.2. The molecule has 1 amide bonds. The number of ether oxygens (including phenoxy) is 1. The summed E-state index contributed by atoms with van der Waals surface area (Å²) in [5.74, 6) is -0.811. The molecule has 0 aromatic heterocycles. The number of amides is 1. The molecule has 0 spiro atoms. The van der Waals surface area contributed by atoms with Gasteiger partial charge in [0.05, 0.1) is 4.90 Å². The van der Waals surface area contributed by atoms with Gasteiger partial charge in [-0.1, -0.05) is 0 Å². The van der Waals surface area contributed by atoms with Crippen molar-refractivity contribution in [3.8, 4) is 0 Å². The van der Waals surface area contributed by atoms with E-state index in [0.717, 1.165) is 0 Å². The molecule has 0 bridgehead atoms. The Morgan fingerprint density at radius 1 is 1.08 bits per heavy atom. The first-order valence-electron chi connectivity index (χ1n) is 7.58. The number of anilines is 1. The van der Waals surface area contributed by atoms with Gasteiger partial charge in [0.15, 0.2) is 0 Å². The summed E-state index contributed by atoms with van der Waals surface area (Å²) in [5.41, 5.74) is 0.741. The first kappa shape index (κ1) is 19.0. The van der Waals surface area contributed by atoms with Gasteiger partial charge in [-0.15, -0.1) is 0 Å². The van der Waals surface area contributed by atoms with E-state index in [1.807, 2.05) is 0 Å². The van der Waals surface area contributed by atoms with Crippen LogP contribution in [0.5, 0.6) is 0 Å². The zero-order valence-electron chi connectivity index (χ0n) is 13.7. The molecule has 2 aromatic rings. The summed E-state index contributed by atoms with van der Waals surface area (Å²) < 4.78 is 44.4. The summed E-state index contributed by atoms with van der Waals surface area (Å²) in [7, 11) is -2.08. The van der Waals surface area contributed by atoms with Gasteiger partial charge in [0.25, 0.3) is 5.91 Å². The molecule has 0 unspecified atom stereocenters. The fourth-order valence-corrected chi connectivity index (χ4v) is 3.10. The van der Waals surface area contributed by atoms with Crippen molar-refractivity contribution in [2.45, 2.75) is 11.3 Å². The first-order valence-corrected chi connectivity index (χ1v) is 9.06. The van der Waals surface area contributed by atoms with Crippen molar-refractivity contribution < 1.29 is 22.3 Å². The van der Waals surface area contributed by atoms with Crippen LogP contribution < -0.4 is 10.0 Å². The third kappa shape index (κ3) is 5.63. The molecule has 2 N–H and O–H groups in total. The SMILES string of the molecule is COCCCNS(=O)(=O)c1ccc(C(=O)Nc2ccc(F)cc2)cc1. The molecule has 0 heterocycles. The van der Waals surface area contributed by atoms with Crippen LogP contribution in [0.25, 0.3) is 0 Å². The van der Waals surface area contributed by atoms with Gasteiger partial charge in [-0.25, -0.2) is 17.5 Å². The van der Waals surface area contributed by atoms with Gasteiger partial charge in [0, 0.05) is 31.5 Å². The summed E-state index contributed by atoms with van der Waals surface area (Å²) in [6.45, 7) is 0.730. The molecule has 0 aliphatic rings. The Balaban J connectivity index is 2.00. The predicted octanol–water partition coefficient (Wildman–Crippen LogP) is 2.39. The minimum atomic E-state index is -3.63. The van der Waals surface area contributed by atoms with E-state index in [2.05, 4.69) is 10.0 Å². The maximum Gasteiger partial charge on any atom is 0.255 e. The zero-order chi connectivity index (χ0) is 18.3. The fourth-order valence-electron chi connectivity index (χ4n) is 2.03. The second-order valence-electron chi connectivity index (χ2n) is 5.23. The minimum Gasteiger partial charge on any atom is -0.385 e. The van der Waals surface area contributed by atoms with Crippen molar-refractivity contribution in [2.24, 2.45) is 0 Å². The highest BCUT2D eigenvalue weighted by molar-refractivity contribution is 7.89. The van der Waals surface area contributed by atoms with Gasteiger partial charge in [0.2, 0.25) is 10.0 Å². The smallest absolute Gasteiger partial charge is 0.255 e. The third-order valence-electron chi connectivity index (χ3n) is 3.35. The van der Waals surface area contributed by atoms with Crippen LogP contribution in [0.4, 0.5) is 10.1 Å². The molecule has 0 atom stereocenters. The van der Waals surface area contributed by atoms with E-state index in [0.29, 0.717) is 24.3 Å². The highest BCUT2D eigenvalue weighted by atomic mass is 32.2. The predicted molar refractivity (Wildman–Crippen MR) is 92.5 cm³/mol. The maximum atomic E-state index is 12.9. The number of carbonyl (C=O) groups is 1. The number of rotatable bonds is 8. The van der Waals surface area contributed by atoms with Gasteiger partial charge in [-0.3, -0.25) is 4.79 Å². The number of halogens is 1. The summed E-state index contributed by atoms with van der Waals surface area (Å²) in [6, 6.07) is 10.9. The molecule has 2 aromatic carbocycles. The number of nitrogens with one attached hydrogen (secondary N) is 2. The van der Waals surface area contributed by atoms with Crippen LogP contribution in [-0.4, -0.2) is 34.6 Å². The molecule has 0 fully saturated rings. The molecule has 0 aliphatic carbocycles. The lowest BCUT2D eigenvalue weighted by Crippen LogP contribution is -2.25. The number of benzene rings is 2. The van der Waals surface area contributed by atoms with Crippen molar-refractivity contribution in [1.29, 1.82) is 0 Å². The summed E-state index contributed by atoms with van der Waals surface area (Å²) in [5, 5.41) is 2.61. The molecule has 6 nitrogen and oxygen atoms in total. The molecular weight excluding hydrogens is 347 g/mol.